The Morgan fingerprint density at radius 2 is 2.17 bits per heavy atom. The van der Waals surface area contributed by atoms with Crippen LogP contribution in [0.1, 0.15) is 48.5 Å². The van der Waals surface area contributed by atoms with Gasteiger partial charge in [-0.15, -0.1) is 11.3 Å². The van der Waals surface area contributed by atoms with Crippen LogP contribution in [0.4, 0.5) is 0 Å². The van der Waals surface area contributed by atoms with Crippen LogP contribution in [0.3, 0.4) is 0 Å². The molecule has 1 aromatic rings. The standard InChI is InChI=1S/C15H20O2S/c16-14(10-11-4-7-17-8-5-11)12-2-1-3-15-13(12)6-9-18-15/h6,9,11-12H,1-5,7-8,10H2. The zero-order valence-corrected chi connectivity index (χ0v) is 11.5. The molecule has 1 saturated heterocycles. The van der Waals surface area contributed by atoms with E-state index in [0.717, 1.165) is 38.9 Å². The predicted octanol–water partition coefficient (Wildman–Crippen LogP) is 3.55. The average molecular weight is 264 g/mol. The molecule has 1 unspecified atom stereocenters. The molecule has 0 bridgehead atoms. The number of thiophene rings is 1. The molecule has 3 heteroatoms. The zero-order chi connectivity index (χ0) is 12.4. The lowest BCUT2D eigenvalue weighted by molar-refractivity contribution is -0.122. The van der Waals surface area contributed by atoms with Crippen LogP contribution in [0.5, 0.6) is 0 Å². The Balaban J connectivity index is 1.66. The molecule has 1 fully saturated rings. The third-order valence-corrected chi connectivity index (χ3v) is 5.27. The summed E-state index contributed by atoms with van der Waals surface area (Å²) in [7, 11) is 0. The molecule has 3 rings (SSSR count). The summed E-state index contributed by atoms with van der Waals surface area (Å²) < 4.78 is 5.36. The van der Waals surface area contributed by atoms with E-state index in [-0.39, 0.29) is 5.92 Å². The molecule has 0 saturated carbocycles. The van der Waals surface area contributed by atoms with E-state index in [9.17, 15) is 4.79 Å². The van der Waals surface area contributed by atoms with E-state index in [0.29, 0.717) is 11.7 Å². The quantitative estimate of drug-likeness (QED) is 0.834. The summed E-state index contributed by atoms with van der Waals surface area (Å²) >= 11 is 1.82. The number of aryl methyl sites for hydroxylation is 1. The number of ketones is 1. The number of hydrogen-bond donors (Lipinski definition) is 0. The zero-order valence-electron chi connectivity index (χ0n) is 10.7. The van der Waals surface area contributed by atoms with Crippen LogP contribution in [0, 0.1) is 5.92 Å². The molecule has 1 aliphatic carbocycles. The van der Waals surface area contributed by atoms with Gasteiger partial charge in [0.2, 0.25) is 0 Å². The Morgan fingerprint density at radius 3 is 3.00 bits per heavy atom. The Kier molecular flexibility index (Phi) is 3.80. The number of rotatable bonds is 3. The van der Waals surface area contributed by atoms with Crippen molar-refractivity contribution < 1.29 is 9.53 Å². The van der Waals surface area contributed by atoms with Crippen molar-refractivity contribution >= 4 is 17.1 Å². The molecule has 18 heavy (non-hydrogen) atoms. The van der Waals surface area contributed by atoms with Gasteiger partial charge in [0, 0.05) is 30.4 Å². The van der Waals surface area contributed by atoms with Crippen LogP contribution < -0.4 is 0 Å². The van der Waals surface area contributed by atoms with Crippen molar-refractivity contribution in [3.63, 3.8) is 0 Å². The Labute approximate surface area is 112 Å². The second-order valence-electron chi connectivity index (χ2n) is 5.47. The first-order valence-electron chi connectivity index (χ1n) is 7.01. The van der Waals surface area contributed by atoms with E-state index < -0.39 is 0 Å². The summed E-state index contributed by atoms with van der Waals surface area (Å²) in [5.74, 6) is 1.24. The Hall–Kier alpha value is -0.670. The van der Waals surface area contributed by atoms with Crippen molar-refractivity contribution in [1.82, 2.24) is 0 Å². The molecule has 1 aliphatic heterocycles. The van der Waals surface area contributed by atoms with Gasteiger partial charge in [0.25, 0.3) is 0 Å². The first kappa shape index (κ1) is 12.4. The summed E-state index contributed by atoms with van der Waals surface area (Å²) in [6, 6.07) is 2.17. The summed E-state index contributed by atoms with van der Waals surface area (Å²) in [4.78, 5) is 13.9. The molecule has 0 spiro atoms. The van der Waals surface area contributed by atoms with Gasteiger partial charge in [-0.25, -0.2) is 0 Å². The largest absolute Gasteiger partial charge is 0.381 e. The Bertz CT molecular complexity index is 418. The number of ether oxygens (including phenoxy) is 1. The van der Waals surface area contributed by atoms with E-state index in [1.807, 2.05) is 11.3 Å². The Morgan fingerprint density at radius 1 is 1.33 bits per heavy atom. The van der Waals surface area contributed by atoms with Crippen molar-refractivity contribution in [2.24, 2.45) is 5.92 Å². The lowest BCUT2D eigenvalue weighted by atomic mass is 9.81. The number of hydrogen-bond acceptors (Lipinski definition) is 3. The molecule has 2 aliphatic rings. The smallest absolute Gasteiger partial charge is 0.140 e. The normalized spacial score (nSPS) is 24.8. The monoisotopic (exact) mass is 264 g/mol. The van der Waals surface area contributed by atoms with E-state index in [1.54, 1.807) is 0 Å². The van der Waals surface area contributed by atoms with Gasteiger partial charge in [0.1, 0.15) is 5.78 Å². The molecule has 2 heterocycles. The van der Waals surface area contributed by atoms with Crippen LogP contribution in [-0.2, 0) is 16.0 Å². The first-order chi connectivity index (χ1) is 8.84. The van der Waals surface area contributed by atoms with Crippen LogP contribution in [0.15, 0.2) is 11.4 Å². The molecule has 0 N–H and O–H groups in total. The molecule has 2 nitrogen and oxygen atoms in total. The highest BCUT2D eigenvalue weighted by molar-refractivity contribution is 7.10. The number of carbonyl (C=O) groups is 1. The number of fused-ring (bicyclic) bond motifs is 1. The van der Waals surface area contributed by atoms with Crippen molar-refractivity contribution in [3.8, 4) is 0 Å². The minimum atomic E-state index is 0.197. The van der Waals surface area contributed by atoms with Crippen molar-refractivity contribution in [3.05, 3.63) is 21.9 Å². The molecular formula is C15H20O2S. The third kappa shape index (κ3) is 2.52. The number of carbonyl (C=O) groups excluding carboxylic acids is 1. The van der Waals surface area contributed by atoms with Crippen molar-refractivity contribution in [1.29, 1.82) is 0 Å². The van der Waals surface area contributed by atoms with E-state index in [1.165, 1.54) is 23.3 Å². The van der Waals surface area contributed by atoms with Gasteiger partial charge in [0.05, 0.1) is 0 Å². The fourth-order valence-electron chi connectivity index (χ4n) is 3.20. The summed E-state index contributed by atoms with van der Waals surface area (Å²) in [6.45, 7) is 1.68. The van der Waals surface area contributed by atoms with Crippen LogP contribution in [0.2, 0.25) is 0 Å². The maximum atomic E-state index is 12.5. The molecular weight excluding hydrogens is 244 g/mol. The highest BCUT2D eigenvalue weighted by Crippen LogP contribution is 2.37. The lowest BCUT2D eigenvalue weighted by Gasteiger charge is -2.26. The van der Waals surface area contributed by atoms with Gasteiger partial charge in [0.15, 0.2) is 0 Å². The minimum absolute atomic E-state index is 0.197. The SMILES string of the molecule is O=C(CC1CCOCC1)C1CCCc2sccc21. The van der Waals surface area contributed by atoms with E-state index in [4.69, 9.17) is 4.74 Å². The summed E-state index contributed by atoms with van der Waals surface area (Å²) in [6.07, 6.45) is 6.31. The van der Waals surface area contributed by atoms with Crippen LogP contribution in [-0.4, -0.2) is 19.0 Å². The molecule has 0 radical (unpaired) electrons. The predicted molar refractivity (Wildman–Crippen MR) is 73.2 cm³/mol. The lowest BCUT2D eigenvalue weighted by Crippen LogP contribution is -2.23. The minimum Gasteiger partial charge on any atom is -0.381 e. The second kappa shape index (κ2) is 5.54. The molecule has 98 valence electrons. The topological polar surface area (TPSA) is 26.3 Å². The average Bonchev–Trinajstić information content (AvgIpc) is 2.87. The first-order valence-corrected chi connectivity index (χ1v) is 7.89. The fourth-order valence-corrected chi connectivity index (χ4v) is 4.19. The highest BCUT2D eigenvalue weighted by Gasteiger charge is 2.29. The van der Waals surface area contributed by atoms with Gasteiger partial charge in [-0.1, -0.05) is 0 Å². The molecule has 1 atom stereocenters. The van der Waals surface area contributed by atoms with E-state index in [2.05, 4.69) is 11.4 Å². The second-order valence-corrected chi connectivity index (χ2v) is 6.47. The highest BCUT2D eigenvalue weighted by atomic mass is 32.1. The molecule has 0 amide bonds. The van der Waals surface area contributed by atoms with Crippen LogP contribution >= 0.6 is 11.3 Å². The fraction of sp³-hybridized carbons (Fsp3) is 0.667. The van der Waals surface area contributed by atoms with Gasteiger partial charge < -0.3 is 4.74 Å². The van der Waals surface area contributed by atoms with Crippen LogP contribution in [0.25, 0.3) is 0 Å². The molecule has 1 aromatic heterocycles. The summed E-state index contributed by atoms with van der Waals surface area (Å²) in [5.41, 5.74) is 1.34. The maximum absolute atomic E-state index is 12.5. The molecule has 0 aromatic carbocycles. The van der Waals surface area contributed by atoms with Gasteiger partial charge in [-0.3, -0.25) is 4.79 Å². The van der Waals surface area contributed by atoms with Gasteiger partial charge in [-0.05, 0) is 55.0 Å². The summed E-state index contributed by atoms with van der Waals surface area (Å²) in [5, 5.41) is 2.14. The third-order valence-electron chi connectivity index (χ3n) is 4.27. The van der Waals surface area contributed by atoms with Gasteiger partial charge >= 0.3 is 0 Å². The van der Waals surface area contributed by atoms with Crippen molar-refractivity contribution in [2.45, 2.75) is 44.4 Å². The van der Waals surface area contributed by atoms with Crippen molar-refractivity contribution in [2.75, 3.05) is 13.2 Å². The van der Waals surface area contributed by atoms with Gasteiger partial charge in [-0.2, -0.15) is 0 Å². The van der Waals surface area contributed by atoms with E-state index >= 15 is 0 Å². The number of Topliss-reactive ketones (excluding diaryl/α,β-unsaturated/α-hetero) is 1. The maximum Gasteiger partial charge on any atom is 0.140 e.